The first-order chi connectivity index (χ1) is 13.4. The van der Waals surface area contributed by atoms with Crippen LogP contribution in [0.15, 0.2) is 40.1 Å². The second-order valence-corrected chi connectivity index (χ2v) is 10.5. The van der Waals surface area contributed by atoms with Gasteiger partial charge in [0, 0.05) is 21.7 Å². The molecule has 0 saturated carbocycles. The van der Waals surface area contributed by atoms with Gasteiger partial charge in [0.1, 0.15) is 6.61 Å². The molecule has 2 aliphatic heterocycles. The van der Waals surface area contributed by atoms with Gasteiger partial charge in [-0.1, -0.05) is 24.1 Å². The Bertz CT molecular complexity index is 827. The van der Waals surface area contributed by atoms with Crippen molar-refractivity contribution in [3.63, 3.8) is 0 Å². The van der Waals surface area contributed by atoms with E-state index in [1.54, 1.807) is 23.9 Å². The highest BCUT2D eigenvalue weighted by atomic mass is 35.5. The maximum Gasteiger partial charge on any atom is 0.407 e. The number of benzene rings is 1. The predicted octanol–water partition coefficient (Wildman–Crippen LogP) is 4.02. The number of nitrogens with one attached hydrogen (secondary N) is 1. The number of amides is 1. The Morgan fingerprint density at radius 1 is 1.32 bits per heavy atom. The molecule has 154 valence electrons. The van der Waals surface area contributed by atoms with Crippen molar-refractivity contribution >= 4 is 39.5 Å². The van der Waals surface area contributed by atoms with Gasteiger partial charge in [-0.2, -0.15) is 4.31 Å². The molecule has 0 aliphatic carbocycles. The average Bonchev–Trinajstić information content (AvgIpc) is 3.18. The third-order valence-electron chi connectivity index (χ3n) is 4.93. The summed E-state index contributed by atoms with van der Waals surface area (Å²) in [5.74, 6) is 1.05. The molecule has 1 saturated heterocycles. The standard InChI is InChI=1S/C19H25ClN2O4S2/c1-14-4-2-5-16(13-26-19(23)21-12-17-6-3-11-27-17)22(14)28(24,25)18-9-7-15(20)8-10-18/h6-10,14,16H,2-5,11-13H2,1H3,(H,21,23)/t14-,16-/m1/s1. The topological polar surface area (TPSA) is 75.7 Å². The van der Waals surface area contributed by atoms with Crippen molar-refractivity contribution < 1.29 is 17.9 Å². The smallest absolute Gasteiger partial charge is 0.407 e. The van der Waals surface area contributed by atoms with Gasteiger partial charge in [-0.05, 0) is 50.5 Å². The van der Waals surface area contributed by atoms with Crippen molar-refractivity contribution in [1.29, 1.82) is 0 Å². The van der Waals surface area contributed by atoms with E-state index in [1.807, 2.05) is 6.92 Å². The minimum absolute atomic E-state index is 0.0369. The number of carbonyl (C=O) groups excluding carboxylic acids is 1. The van der Waals surface area contributed by atoms with E-state index >= 15 is 0 Å². The van der Waals surface area contributed by atoms with Gasteiger partial charge in [0.25, 0.3) is 0 Å². The molecule has 9 heteroatoms. The average molecular weight is 445 g/mol. The van der Waals surface area contributed by atoms with Crippen LogP contribution >= 0.6 is 23.4 Å². The molecule has 28 heavy (non-hydrogen) atoms. The molecule has 2 heterocycles. The molecular formula is C19H25ClN2O4S2. The van der Waals surface area contributed by atoms with Crippen molar-refractivity contribution in [2.45, 2.75) is 49.6 Å². The lowest BCUT2D eigenvalue weighted by atomic mass is 10.0. The van der Waals surface area contributed by atoms with E-state index in [0.717, 1.165) is 29.9 Å². The molecule has 1 fully saturated rings. The third kappa shape index (κ3) is 5.23. The molecule has 0 bridgehead atoms. The highest BCUT2D eigenvalue weighted by Crippen LogP contribution is 2.30. The maximum atomic E-state index is 13.2. The summed E-state index contributed by atoms with van der Waals surface area (Å²) in [6, 6.07) is 5.62. The number of nitrogens with zero attached hydrogens (tertiary/aromatic N) is 1. The largest absolute Gasteiger partial charge is 0.448 e. The molecule has 1 amide bonds. The SMILES string of the molecule is C[C@@H]1CCC[C@H](COC(=O)NCC2=CCCS2)N1S(=O)(=O)c1ccc(Cl)cc1. The van der Waals surface area contributed by atoms with Gasteiger partial charge in [-0.3, -0.25) is 0 Å². The quantitative estimate of drug-likeness (QED) is 0.717. The van der Waals surface area contributed by atoms with Crippen LogP contribution in [0, 0.1) is 0 Å². The number of hydrogen-bond donors (Lipinski definition) is 1. The number of hydrogen-bond acceptors (Lipinski definition) is 5. The fraction of sp³-hybridized carbons (Fsp3) is 0.526. The Morgan fingerprint density at radius 3 is 2.75 bits per heavy atom. The minimum atomic E-state index is -3.70. The van der Waals surface area contributed by atoms with Crippen LogP contribution in [-0.2, 0) is 14.8 Å². The number of ether oxygens (including phenoxy) is 1. The second-order valence-electron chi connectivity index (χ2n) is 6.98. The van der Waals surface area contributed by atoms with Crippen LogP contribution in [0.1, 0.15) is 32.6 Å². The second kappa shape index (κ2) is 9.52. The van der Waals surface area contributed by atoms with Crippen molar-refractivity contribution in [2.75, 3.05) is 18.9 Å². The lowest BCUT2D eigenvalue weighted by Gasteiger charge is -2.39. The Kier molecular flexibility index (Phi) is 7.31. The monoisotopic (exact) mass is 444 g/mol. The van der Waals surface area contributed by atoms with Gasteiger partial charge >= 0.3 is 6.09 Å². The maximum absolute atomic E-state index is 13.2. The summed E-state index contributed by atoms with van der Waals surface area (Å²) in [5.41, 5.74) is 0. The minimum Gasteiger partial charge on any atom is -0.448 e. The lowest BCUT2D eigenvalue weighted by molar-refractivity contribution is 0.0898. The van der Waals surface area contributed by atoms with Crippen LogP contribution in [0.3, 0.4) is 0 Å². The molecule has 6 nitrogen and oxygen atoms in total. The van der Waals surface area contributed by atoms with E-state index in [1.165, 1.54) is 16.4 Å². The van der Waals surface area contributed by atoms with Crippen LogP contribution in [0.25, 0.3) is 0 Å². The number of piperidine rings is 1. The van der Waals surface area contributed by atoms with Crippen LogP contribution in [0.4, 0.5) is 4.79 Å². The zero-order chi connectivity index (χ0) is 20.1. The first kappa shape index (κ1) is 21.5. The van der Waals surface area contributed by atoms with Gasteiger partial charge < -0.3 is 10.1 Å². The summed E-state index contributed by atoms with van der Waals surface area (Å²) in [4.78, 5) is 13.4. The molecule has 1 aromatic carbocycles. The van der Waals surface area contributed by atoms with Crippen LogP contribution in [0.2, 0.25) is 5.02 Å². The Hall–Kier alpha value is -1.22. The van der Waals surface area contributed by atoms with Crippen LogP contribution in [-0.4, -0.2) is 49.8 Å². The molecule has 0 unspecified atom stereocenters. The number of rotatable bonds is 6. The van der Waals surface area contributed by atoms with E-state index in [9.17, 15) is 13.2 Å². The van der Waals surface area contributed by atoms with Crippen LogP contribution in [0.5, 0.6) is 0 Å². The van der Waals surface area contributed by atoms with Gasteiger partial charge in [0.15, 0.2) is 0 Å². The van der Waals surface area contributed by atoms with E-state index in [2.05, 4.69) is 11.4 Å². The summed E-state index contributed by atoms with van der Waals surface area (Å²) < 4.78 is 33.2. The first-order valence-corrected chi connectivity index (χ1v) is 12.2. The zero-order valence-corrected chi connectivity index (χ0v) is 18.2. The molecular weight excluding hydrogens is 420 g/mol. The number of thioether (sulfide) groups is 1. The van der Waals surface area contributed by atoms with E-state index < -0.39 is 16.1 Å². The third-order valence-corrected chi connectivity index (χ3v) is 8.39. The first-order valence-electron chi connectivity index (χ1n) is 9.39. The van der Waals surface area contributed by atoms with Crippen molar-refractivity contribution in [3.8, 4) is 0 Å². The highest BCUT2D eigenvalue weighted by molar-refractivity contribution is 8.03. The Morgan fingerprint density at radius 2 is 2.07 bits per heavy atom. The van der Waals surface area contributed by atoms with E-state index in [4.69, 9.17) is 16.3 Å². The van der Waals surface area contributed by atoms with Crippen LogP contribution < -0.4 is 5.32 Å². The molecule has 3 rings (SSSR count). The molecule has 1 N–H and O–H groups in total. The van der Waals surface area contributed by atoms with Crippen molar-refractivity contribution in [2.24, 2.45) is 0 Å². The molecule has 1 aromatic rings. The normalized spacial score (nSPS) is 23.3. The van der Waals surface area contributed by atoms with E-state index in [0.29, 0.717) is 18.0 Å². The van der Waals surface area contributed by atoms with E-state index in [-0.39, 0.29) is 23.6 Å². The Balaban J connectivity index is 1.64. The van der Waals surface area contributed by atoms with Gasteiger partial charge in [0.05, 0.1) is 17.5 Å². The van der Waals surface area contributed by atoms with Gasteiger partial charge in [-0.25, -0.2) is 13.2 Å². The molecule has 0 radical (unpaired) electrons. The van der Waals surface area contributed by atoms with Crippen molar-refractivity contribution in [3.05, 3.63) is 40.3 Å². The summed E-state index contributed by atoms with van der Waals surface area (Å²) in [5, 5.41) is 3.22. The van der Waals surface area contributed by atoms with Crippen molar-refractivity contribution in [1.82, 2.24) is 9.62 Å². The van der Waals surface area contributed by atoms with Gasteiger partial charge in [0.2, 0.25) is 10.0 Å². The molecule has 0 spiro atoms. The summed E-state index contributed by atoms with van der Waals surface area (Å²) in [6.45, 7) is 2.38. The Labute approximate surface area is 175 Å². The fourth-order valence-corrected chi connectivity index (χ4v) is 6.45. The predicted molar refractivity (Wildman–Crippen MR) is 112 cm³/mol. The van der Waals surface area contributed by atoms with Gasteiger partial charge in [-0.15, -0.1) is 11.8 Å². The summed E-state index contributed by atoms with van der Waals surface area (Å²) in [7, 11) is -3.70. The fourth-order valence-electron chi connectivity index (χ4n) is 3.56. The number of alkyl carbamates (subject to hydrolysis) is 1. The zero-order valence-electron chi connectivity index (χ0n) is 15.8. The number of allylic oxidation sites excluding steroid dienone is 1. The number of carbonyl (C=O) groups is 1. The number of sulfonamides is 1. The lowest BCUT2D eigenvalue weighted by Crippen LogP contribution is -2.51. The summed E-state index contributed by atoms with van der Waals surface area (Å²) >= 11 is 7.61. The molecule has 0 aromatic heterocycles. The number of halogens is 1. The highest BCUT2D eigenvalue weighted by Gasteiger charge is 2.38. The molecule has 2 atom stereocenters. The molecule has 2 aliphatic rings. The summed E-state index contributed by atoms with van der Waals surface area (Å²) in [6.07, 6.45) is 4.94.